The van der Waals surface area contributed by atoms with Crippen LogP contribution in [0.15, 0.2) is 70.5 Å². The third kappa shape index (κ3) is 3.21. The SMILES string of the molecule is O=C(NC1CCc2cc(O)ccc2C1)c1ccc2c(c1)S(=O)(=O)c1ccccc1C2=O. The van der Waals surface area contributed by atoms with E-state index >= 15 is 0 Å². The van der Waals surface area contributed by atoms with E-state index in [1.807, 2.05) is 6.07 Å². The van der Waals surface area contributed by atoms with Gasteiger partial charge >= 0.3 is 0 Å². The van der Waals surface area contributed by atoms with Crippen molar-refractivity contribution in [3.63, 3.8) is 0 Å². The Morgan fingerprint density at radius 3 is 2.55 bits per heavy atom. The van der Waals surface area contributed by atoms with E-state index in [-0.39, 0.29) is 50.0 Å². The van der Waals surface area contributed by atoms with Crippen LogP contribution in [-0.2, 0) is 22.7 Å². The van der Waals surface area contributed by atoms with Crippen molar-refractivity contribution in [3.8, 4) is 5.75 Å². The average molecular weight is 433 g/mol. The Bertz CT molecular complexity index is 1360. The molecule has 2 N–H and O–H groups in total. The zero-order valence-electron chi connectivity index (χ0n) is 16.5. The van der Waals surface area contributed by atoms with E-state index in [2.05, 4.69) is 5.32 Å². The standard InChI is InChI=1S/C24H19NO5S/c26-18-9-6-14-11-17(8-5-15(14)12-18)25-24(28)16-7-10-20-22(13-16)31(29,30)21-4-2-1-3-19(21)23(20)27/h1-4,6-7,9-10,12-13,17,26H,5,8,11H2,(H,25,28). The number of ketones is 1. The van der Waals surface area contributed by atoms with Crippen molar-refractivity contribution in [2.24, 2.45) is 0 Å². The van der Waals surface area contributed by atoms with E-state index in [1.165, 1.54) is 30.3 Å². The van der Waals surface area contributed by atoms with Crippen LogP contribution in [0, 0.1) is 0 Å². The summed E-state index contributed by atoms with van der Waals surface area (Å²) in [5.74, 6) is -0.510. The molecule has 1 aliphatic carbocycles. The summed E-state index contributed by atoms with van der Waals surface area (Å²) in [6, 6.07) is 15.5. The van der Waals surface area contributed by atoms with Crippen LogP contribution in [-0.4, -0.2) is 31.3 Å². The highest BCUT2D eigenvalue weighted by Gasteiger charge is 2.35. The number of hydrogen-bond acceptors (Lipinski definition) is 5. The lowest BCUT2D eigenvalue weighted by atomic mass is 9.88. The molecule has 0 saturated heterocycles. The van der Waals surface area contributed by atoms with Gasteiger partial charge in [0.25, 0.3) is 5.91 Å². The molecule has 1 heterocycles. The number of carbonyl (C=O) groups excluding carboxylic acids is 2. The summed E-state index contributed by atoms with van der Waals surface area (Å²) in [4.78, 5) is 25.5. The fourth-order valence-electron chi connectivity index (χ4n) is 4.36. The monoisotopic (exact) mass is 433 g/mol. The molecule has 0 fully saturated rings. The van der Waals surface area contributed by atoms with Gasteiger partial charge in [0.15, 0.2) is 5.78 Å². The topological polar surface area (TPSA) is 101 Å². The fourth-order valence-corrected chi connectivity index (χ4v) is 6.04. The molecular formula is C24H19NO5S. The number of carbonyl (C=O) groups is 2. The van der Waals surface area contributed by atoms with Crippen LogP contribution in [0.2, 0.25) is 0 Å². The Morgan fingerprint density at radius 1 is 0.935 bits per heavy atom. The summed E-state index contributed by atoms with van der Waals surface area (Å²) in [6.45, 7) is 0. The average Bonchev–Trinajstić information content (AvgIpc) is 2.77. The highest BCUT2D eigenvalue weighted by atomic mass is 32.2. The Labute approximate surface area is 179 Å². The second-order valence-electron chi connectivity index (χ2n) is 7.91. The molecular weight excluding hydrogens is 414 g/mol. The molecule has 0 saturated carbocycles. The first-order valence-electron chi connectivity index (χ1n) is 9.99. The highest BCUT2D eigenvalue weighted by Crippen LogP contribution is 2.35. The predicted octanol–water partition coefficient (Wildman–Crippen LogP) is 3.06. The normalized spacial score (nSPS) is 18.5. The summed E-state index contributed by atoms with van der Waals surface area (Å²) in [5.41, 5.74) is 2.58. The molecule has 1 amide bonds. The smallest absolute Gasteiger partial charge is 0.251 e. The first kappa shape index (κ1) is 19.5. The molecule has 0 aromatic heterocycles. The zero-order chi connectivity index (χ0) is 21.8. The molecule has 5 rings (SSSR count). The van der Waals surface area contributed by atoms with Crippen LogP contribution in [0.3, 0.4) is 0 Å². The van der Waals surface area contributed by atoms with E-state index in [0.29, 0.717) is 6.42 Å². The zero-order valence-corrected chi connectivity index (χ0v) is 17.3. The van der Waals surface area contributed by atoms with Gasteiger partial charge in [-0.15, -0.1) is 0 Å². The maximum absolute atomic E-state index is 13.1. The Kier molecular flexibility index (Phi) is 4.44. The van der Waals surface area contributed by atoms with Crippen molar-refractivity contribution in [1.82, 2.24) is 5.32 Å². The Morgan fingerprint density at radius 2 is 1.71 bits per heavy atom. The maximum Gasteiger partial charge on any atom is 0.251 e. The number of phenolic OH excluding ortho intramolecular Hbond substituents is 1. The largest absolute Gasteiger partial charge is 0.508 e. The first-order chi connectivity index (χ1) is 14.8. The minimum atomic E-state index is -3.89. The number of rotatable bonds is 2. The molecule has 0 radical (unpaired) electrons. The molecule has 2 aliphatic rings. The van der Waals surface area contributed by atoms with Crippen LogP contribution in [0.25, 0.3) is 0 Å². The number of sulfone groups is 1. The number of benzene rings is 3. The number of amides is 1. The van der Waals surface area contributed by atoms with E-state index in [1.54, 1.807) is 24.3 Å². The molecule has 7 heteroatoms. The van der Waals surface area contributed by atoms with E-state index in [9.17, 15) is 23.1 Å². The summed E-state index contributed by atoms with van der Waals surface area (Å²) < 4.78 is 26.1. The summed E-state index contributed by atoms with van der Waals surface area (Å²) in [5, 5.41) is 12.6. The molecule has 156 valence electrons. The van der Waals surface area contributed by atoms with E-state index in [4.69, 9.17) is 0 Å². The lowest BCUT2D eigenvalue weighted by molar-refractivity contribution is 0.0931. The van der Waals surface area contributed by atoms with Gasteiger partial charge in [-0.2, -0.15) is 0 Å². The number of hydrogen-bond donors (Lipinski definition) is 2. The number of phenols is 1. The number of nitrogens with one attached hydrogen (secondary N) is 1. The van der Waals surface area contributed by atoms with Crippen molar-refractivity contribution < 1.29 is 23.1 Å². The predicted molar refractivity (Wildman–Crippen MR) is 113 cm³/mol. The van der Waals surface area contributed by atoms with Crippen molar-refractivity contribution in [1.29, 1.82) is 0 Å². The van der Waals surface area contributed by atoms with Gasteiger partial charge in [-0.05, 0) is 72.9 Å². The minimum absolute atomic E-state index is 0.0304. The Balaban J connectivity index is 1.42. The molecule has 6 nitrogen and oxygen atoms in total. The molecule has 1 aliphatic heterocycles. The second kappa shape index (κ2) is 7.06. The lowest BCUT2D eigenvalue weighted by Gasteiger charge is -2.26. The lowest BCUT2D eigenvalue weighted by Crippen LogP contribution is -2.39. The molecule has 1 atom stereocenters. The van der Waals surface area contributed by atoms with Gasteiger partial charge in [-0.25, -0.2) is 8.42 Å². The van der Waals surface area contributed by atoms with Crippen molar-refractivity contribution in [2.45, 2.75) is 35.1 Å². The van der Waals surface area contributed by atoms with Gasteiger partial charge < -0.3 is 10.4 Å². The van der Waals surface area contributed by atoms with Gasteiger partial charge in [-0.1, -0.05) is 18.2 Å². The second-order valence-corrected chi connectivity index (χ2v) is 9.79. The summed E-state index contributed by atoms with van der Waals surface area (Å²) >= 11 is 0. The third-order valence-electron chi connectivity index (χ3n) is 5.95. The van der Waals surface area contributed by atoms with E-state index in [0.717, 1.165) is 24.0 Å². The number of aromatic hydroxyl groups is 1. The molecule has 1 unspecified atom stereocenters. The number of aryl methyl sites for hydroxylation is 1. The quantitative estimate of drug-likeness (QED) is 0.506. The van der Waals surface area contributed by atoms with Gasteiger partial charge in [0.1, 0.15) is 5.75 Å². The van der Waals surface area contributed by atoms with Crippen molar-refractivity contribution >= 4 is 21.5 Å². The van der Waals surface area contributed by atoms with Crippen molar-refractivity contribution in [2.75, 3.05) is 0 Å². The van der Waals surface area contributed by atoms with Crippen molar-refractivity contribution in [3.05, 3.63) is 88.5 Å². The molecule has 0 spiro atoms. The maximum atomic E-state index is 13.1. The van der Waals surface area contributed by atoms with Gasteiger partial charge in [-0.3, -0.25) is 9.59 Å². The highest BCUT2D eigenvalue weighted by molar-refractivity contribution is 7.91. The summed E-state index contributed by atoms with van der Waals surface area (Å²) in [6.07, 6.45) is 2.09. The molecule has 0 bridgehead atoms. The van der Waals surface area contributed by atoms with Crippen LogP contribution < -0.4 is 5.32 Å². The fraction of sp³-hybridized carbons (Fsp3) is 0.167. The number of fused-ring (bicyclic) bond motifs is 3. The third-order valence-corrected chi connectivity index (χ3v) is 7.80. The van der Waals surface area contributed by atoms with Crippen LogP contribution >= 0.6 is 0 Å². The van der Waals surface area contributed by atoms with Gasteiger partial charge in [0, 0.05) is 22.7 Å². The van der Waals surface area contributed by atoms with Gasteiger partial charge in [0.05, 0.1) is 9.79 Å². The summed E-state index contributed by atoms with van der Waals surface area (Å²) in [7, 11) is -3.89. The van der Waals surface area contributed by atoms with Crippen LogP contribution in [0.1, 0.15) is 43.8 Å². The first-order valence-corrected chi connectivity index (χ1v) is 11.5. The molecule has 31 heavy (non-hydrogen) atoms. The Hall–Kier alpha value is -3.45. The van der Waals surface area contributed by atoms with Crippen LogP contribution in [0.4, 0.5) is 0 Å². The van der Waals surface area contributed by atoms with E-state index < -0.39 is 9.84 Å². The van der Waals surface area contributed by atoms with Crippen LogP contribution in [0.5, 0.6) is 5.75 Å². The van der Waals surface area contributed by atoms with Gasteiger partial charge in [0.2, 0.25) is 9.84 Å². The molecule has 3 aromatic carbocycles. The minimum Gasteiger partial charge on any atom is -0.508 e. The molecule has 3 aromatic rings.